The van der Waals surface area contributed by atoms with Gasteiger partial charge in [0.05, 0.1) is 6.61 Å². The van der Waals surface area contributed by atoms with E-state index in [1.165, 1.54) is 0 Å². The quantitative estimate of drug-likeness (QED) is 0.677. The van der Waals surface area contributed by atoms with Crippen LogP contribution >= 0.6 is 15.9 Å². The molecule has 0 aromatic carbocycles. The maximum atomic E-state index is 13.1. The summed E-state index contributed by atoms with van der Waals surface area (Å²) in [4.78, 5) is 2.96. The van der Waals surface area contributed by atoms with Crippen molar-refractivity contribution in [1.29, 1.82) is 0 Å². The third-order valence-electron chi connectivity index (χ3n) is 1.66. The summed E-state index contributed by atoms with van der Waals surface area (Å²) in [6.45, 7) is -0.613. The summed E-state index contributed by atoms with van der Waals surface area (Å²) >= 11 is 2.61. The van der Waals surface area contributed by atoms with E-state index in [4.69, 9.17) is 10.2 Å². The van der Waals surface area contributed by atoms with Gasteiger partial charge in [0.25, 0.3) is 0 Å². The first kappa shape index (κ1) is 10.3. The monoisotopic (exact) mass is 248 g/mol. The minimum atomic E-state index is -2.95. The fraction of sp³-hybridized carbons (Fsp3) is 1.00. The van der Waals surface area contributed by atoms with Gasteiger partial charge >= 0.3 is 5.85 Å². The highest BCUT2D eigenvalue weighted by Crippen LogP contribution is 2.39. The highest BCUT2D eigenvalue weighted by Gasteiger charge is 2.59. The Labute approximate surface area is 75.1 Å². The molecule has 1 fully saturated rings. The first-order valence-corrected chi connectivity index (χ1v) is 4.05. The Morgan fingerprint density at radius 1 is 1.67 bits per heavy atom. The largest absolute Gasteiger partial charge is 0.394 e. The SMILES string of the molecule is OC[C@H]1O[C@H](Br)[C@@](F)(OF)[C@@H]1O. The molecule has 1 saturated heterocycles. The van der Waals surface area contributed by atoms with Gasteiger partial charge in [-0.15, -0.1) is 4.94 Å². The zero-order chi connectivity index (χ0) is 9.35. The van der Waals surface area contributed by atoms with Gasteiger partial charge in [0.1, 0.15) is 12.2 Å². The van der Waals surface area contributed by atoms with Gasteiger partial charge in [-0.2, -0.15) is 0 Å². The van der Waals surface area contributed by atoms with Crippen molar-refractivity contribution in [2.24, 2.45) is 0 Å². The van der Waals surface area contributed by atoms with Crippen molar-refractivity contribution in [3.8, 4) is 0 Å². The maximum absolute atomic E-state index is 13.1. The second-order valence-electron chi connectivity index (χ2n) is 2.39. The molecule has 0 radical (unpaired) electrons. The number of halogens is 3. The standard InChI is InChI=1S/C5H7BrF2O4/c6-4-5(7,12-8)3(10)2(1-9)11-4/h2-4,9-10H,1H2/t2-,3-,4+,5+/m1/s1. The lowest BCUT2D eigenvalue weighted by Crippen LogP contribution is -2.43. The molecule has 0 saturated carbocycles. The summed E-state index contributed by atoms with van der Waals surface area (Å²) < 4.78 is 29.4. The summed E-state index contributed by atoms with van der Waals surface area (Å²) in [7, 11) is 0. The van der Waals surface area contributed by atoms with E-state index in [0.29, 0.717) is 0 Å². The molecule has 0 aromatic rings. The summed E-state index contributed by atoms with van der Waals surface area (Å²) in [5.41, 5.74) is 0. The first-order valence-electron chi connectivity index (χ1n) is 3.13. The molecular weight excluding hydrogens is 242 g/mol. The van der Waals surface area contributed by atoms with Crippen LogP contribution in [0.3, 0.4) is 0 Å². The van der Waals surface area contributed by atoms with E-state index in [0.717, 1.165) is 0 Å². The number of hydrogen-bond acceptors (Lipinski definition) is 4. The van der Waals surface area contributed by atoms with E-state index in [1.54, 1.807) is 0 Å². The van der Waals surface area contributed by atoms with E-state index in [1.807, 2.05) is 0 Å². The molecule has 1 rings (SSSR count). The molecule has 12 heavy (non-hydrogen) atoms. The number of aliphatic hydroxyl groups is 2. The van der Waals surface area contributed by atoms with Crippen LogP contribution in [0.15, 0.2) is 0 Å². The molecule has 2 N–H and O–H groups in total. The molecule has 0 amide bonds. The lowest BCUT2D eigenvalue weighted by molar-refractivity contribution is -0.318. The van der Waals surface area contributed by atoms with E-state index in [-0.39, 0.29) is 0 Å². The highest BCUT2D eigenvalue weighted by molar-refractivity contribution is 9.09. The van der Waals surface area contributed by atoms with Crippen LogP contribution in [0.4, 0.5) is 8.92 Å². The fourth-order valence-electron chi connectivity index (χ4n) is 0.932. The normalized spacial score (nSPS) is 48.2. The predicted molar refractivity (Wildman–Crippen MR) is 36.7 cm³/mol. The van der Waals surface area contributed by atoms with Crippen molar-refractivity contribution >= 4 is 15.9 Å². The molecule has 4 nitrogen and oxygen atoms in total. The second kappa shape index (κ2) is 3.51. The Hall–Kier alpha value is 0.180. The average Bonchev–Trinajstić information content (AvgIpc) is 2.30. The van der Waals surface area contributed by atoms with Crippen molar-refractivity contribution < 1.29 is 28.8 Å². The molecule has 0 bridgehead atoms. The van der Waals surface area contributed by atoms with Crippen LogP contribution in [0.1, 0.15) is 0 Å². The summed E-state index contributed by atoms with van der Waals surface area (Å²) in [6.07, 6.45) is -3.04. The minimum absolute atomic E-state index is 0.613. The Balaban J connectivity index is 2.76. The van der Waals surface area contributed by atoms with E-state index in [2.05, 4.69) is 25.6 Å². The number of ether oxygens (including phenoxy) is 1. The van der Waals surface area contributed by atoms with Crippen LogP contribution in [0.5, 0.6) is 0 Å². The molecule has 1 aliphatic heterocycles. The lowest BCUT2D eigenvalue weighted by atomic mass is 10.1. The summed E-state index contributed by atoms with van der Waals surface area (Å²) in [5, 5.41) is 16.1. The number of rotatable bonds is 2. The number of alkyl halides is 2. The van der Waals surface area contributed by atoms with Crippen LogP contribution in [-0.2, 0) is 9.68 Å². The van der Waals surface area contributed by atoms with E-state index >= 15 is 0 Å². The minimum Gasteiger partial charge on any atom is -0.394 e. The molecule has 1 aliphatic rings. The molecule has 0 spiro atoms. The van der Waals surface area contributed by atoms with Gasteiger partial charge in [-0.1, -0.05) is 15.9 Å². The zero-order valence-corrected chi connectivity index (χ0v) is 7.37. The Bertz CT molecular complexity index is 172. The summed E-state index contributed by atoms with van der Waals surface area (Å²) in [6, 6.07) is 0. The van der Waals surface area contributed by atoms with E-state index in [9.17, 15) is 8.92 Å². The molecule has 7 heteroatoms. The molecule has 0 aromatic heterocycles. The molecule has 0 unspecified atom stereocenters. The van der Waals surface area contributed by atoms with Gasteiger partial charge in [-0.25, -0.2) is 4.39 Å². The second-order valence-corrected chi connectivity index (χ2v) is 3.22. The van der Waals surface area contributed by atoms with Crippen molar-refractivity contribution in [1.82, 2.24) is 0 Å². The highest BCUT2D eigenvalue weighted by atomic mass is 79.9. The lowest BCUT2D eigenvalue weighted by Gasteiger charge is -2.19. The van der Waals surface area contributed by atoms with E-state index < -0.39 is 29.7 Å². The smallest absolute Gasteiger partial charge is 0.309 e. The Kier molecular flexibility index (Phi) is 3.00. The van der Waals surface area contributed by atoms with Gasteiger partial charge in [0, 0.05) is 0 Å². The molecule has 72 valence electrons. The molecule has 4 atom stereocenters. The number of aliphatic hydroxyl groups excluding tert-OH is 2. The van der Waals surface area contributed by atoms with Crippen molar-refractivity contribution in [3.05, 3.63) is 0 Å². The van der Waals surface area contributed by atoms with Gasteiger partial charge in [-0.05, 0) is 4.53 Å². The van der Waals surface area contributed by atoms with Crippen LogP contribution in [0.2, 0.25) is 0 Å². The molecule has 0 aliphatic carbocycles. The van der Waals surface area contributed by atoms with Crippen molar-refractivity contribution in [2.45, 2.75) is 23.1 Å². The molecule has 1 heterocycles. The topological polar surface area (TPSA) is 58.9 Å². The van der Waals surface area contributed by atoms with Crippen LogP contribution in [0, 0.1) is 0 Å². The first-order chi connectivity index (χ1) is 5.56. The van der Waals surface area contributed by atoms with Crippen molar-refractivity contribution in [3.63, 3.8) is 0 Å². The Morgan fingerprint density at radius 2 is 2.25 bits per heavy atom. The number of hydrogen-bond donors (Lipinski definition) is 2. The maximum Gasteiger partial charge on any atom is 0.309 e. The van der Waals surface area contributed by atoms with Crippen LogP contribution < -0.4 is 0 Å². The zero-order valence-electron chi connectivity index (χ0n) is 5.78. The Morgan fingerprint density at radius 3 is 2.50 bits per heavy atom. The van der Waals surface area contributed by atoms with Gasteiger partial charge < -0.3 is 14.9 Å². The third-order valence-corrected chi connectivity index (χ3v) is 2.50. The van der Waals surface area contributed by atoms with Gasteiger partial charge in [-0.3, -0.25) is 0 Å². The van der Waals surface area contributed by atoms with Crippen molar-refractivity contribution in [2.75, 3.05) is 6.61 Å². The van der Waals surface area contributed by atoms with Gasteiger partial charge in [0.15, 0.2) is 5.01 Å². The molecular formula is C5H7BrF2O4. The predicted octanol–water partition coefficient (Wildman–Crippen LogP) is 0.0263. The third kappa shape index (κ3) is 1.35. The summed E-state index contributed by atoms with van der Waals surface area (Å²) in [5.74, 6) is -2.95. The van der Waals surface area contributed by atoms with Crippen LogP contribution in [-0.4, -0.2) is 39.9 Å². The van der Waals surface area contributed by atoms with Gasteiger partial charge in [0.2, 0.25) is 0 Å². The average molecular weight is 249 g/mol. The fourth-order valence-corrected chi connectivity index (χ4v) is 1.55. The van der Waals surface area contributed by atoms with Crippen LogP contribution in [0.25, 0.3) is 0 Å².